The number of esters is 1. The molecule has 8 heteroatoms. The van der Waals surface area contributed by atoms with Gasteiger partial charge in [0.05, 0.1) is 10.5 Å². The molecule has 1 amide bonds. The highest BCUT2D eigenvalue weighted by Gasteiger charge is 2.51. The maximum atomic E-state index is 12.4. The Morgan fingerprint density at radius 1 is 1.11 bits per heavy atom. The third kappa shape index (κ3) is 3.80. The van der Waals surface area contributed by atoms with Gasteiger partial charge in [-0.3, -0.25) is 4.79 Å². The molecule has 4 fully saturated rings. The summed E-state index contributed by atoms with van der Waals surface area (Å²) in [6.45, 7) is -0.358. The zero-order valence-corrected chi connectivity index (χ0v) is 16.8. The fraction of sp³-hybridized carbons (Fsp3) is 0.600. The summed E-state index contributed by atoms with van der Waals surface area (Å²) >= 11 is 0. The van der Waals surface area contributed by atoms with Crippen LogP contribution in [-0.4, -0.2) is 39.5 Å². The van der Waals surface area contributed by atoms with Gasteiger partial charge in [0.1, 0.15) is 0 Å². The molecule has 0 unspecified atom stereocenters. The standard InChI is InChI=1S/C20H26N2O5S/c1-21-28(25,26)17-4-2-3-16(8-17)19(24)27-12-18(23)22-20-9-13-5-14(10-20)7-15(6-13)11-20/h2-4,8,13-15,21H,5-7,9-12H2,1H3,(H,22,23). The molecule has 0 spiro atoms. The molecule has 4 aliphatic rings. The molecule has 0 aliphatic heterocycles. The molecule has 28 heavy (non-hydrogen) atoms. The summed E-state index contributed by atoms with van der Waals surface area (Å²) in [5.74, 6) is 1.14. The highest BCUT2D eigenvalue weighted by atomic mass is 32.2. The van der Waals surface area contributed by atoms with E-state index < -0.39 is 16.0 Å². The Morgan fingerprint density at radius 3 is 2.29 bits per heavy atom. The van der Waals surface area contributed by atoms with E-state index in [1.165, 1.54) is 50.6 Å². The highest BCUT2D eigenvalue weighted by Crippen LogP contribution is 2.55. The number of ether oxygens (including phenoxy) is 1. The Bertz CT molecular complexity index is 860. The number of hydrogen-bond donors (Lipinski definition) is 2. The van der Waals surface area contributed by atoms with Gasteiger partial charge < -0.3 is 10.1 Å². The first kappa shape index (κ1) is 19.4. The zero-order valence-electron chi connectivity index (χ0n) is 15.9. The van der Waals surface area contributed by atoms with Gasteiger partial charge in [0.25, 0.3) is 5.91 Å². The predicted molar refractivity (Wildman–Crippen MR) is 102 cm³/mol. The molecule has 4 bridgehead atoms. The average molecular weight is 407 g/mol. The van der Waals surface area contributed by atoms with E-state index in [2.05, 4.69) is 10.0 Å². The van der Waals surface area contributed by atoms with Crippen molar-refractivity contribution in [2.75, 3.05) is 13.7 Å². The molecule has 2 N–H and O–H groups in total. The molecule has 7 nitrogen and oxygen atoms in total. The minimum Gasteiger partial charge on any atom is -0.452 e. The van der Waals surface area contributed by atoms with Gasteiger partial charge in [-0.15, -0.1) is 0 Å². The molecule has 5 rings (SSSR count). The first-order valence-corrected chi connectivity index (χ1v) is 11.3. The van der Waals surface area contributed by atoms with Crippen molar-refractivity contribution in [1.82, 2.24) is 10.0 Å². The number of hydrogen-bond acceptors (Lipinski definition) is 5. The summed E-state index contributed by atoms with van der Waals surface area (Å²) < 4.78 is 31.1. The molecule has 152 valence electrons. The van der Waals surface area contributed by atoms with E-state index in [4.69, 9.17) is 4.74 Å². The third-order valence-corrected chi connectivity index (χ3v) is 7.84. The van der Waals surface area contributed by atoms with Gasteiger partial charge in [-0.05, 0) is 81.5 Å². The van der Waals surface area contributed by atoms with Gasteiger partial charge in [0.2, 0.25) is 10.0 Å². The van der Waals surface area contributed by atoms with Gasteiger partial charge in [-0.25, -0.2) is 17.9 Å². The molecule has 0 radical (unpaired) electrons. The Hall–Kier alpha value is -1.93. The van der Waals surface area contributed by atoms with Crippen LogP contribution in [0.15, 0.2) is 29.2 Å². The number of rotatable bonds is 6. The van der Waals surface area contributed by atoms with Crippen LogP contribution in [0.25, 0.3) is 0 Å². The first-order valence-electron chi connectivity index (χ1n) is 9.80. The second-order valence-corrected chi connectivity index (χ2v) is 10.4. The van der Waals surface area contributed by atoms with Crippen LogP contribution in [-0.2, 0) is 19.6 Å². The zero-order chi connectivity index (χ0) is 19.9. The normalized spacial score (nSPS) is 30.8. The van der Waals surface area contributed by atoms with E-state index >= 15 is 0 Å². The van der Waals surface area contributed by atoms with Crippen LogP contribution in [0.2, 0.25) is 0 Å². The van der Waals surface area contributed by atoms with Crippen LogP contribution in [0.3, 0.4) is 0 Å². The van der Waals surface area contributed by atoms with Crippen molar-refractivity contribution in [3.05, 3.63) is 29.8 Å². The Kier molecular flexibility index (Phi) is 4.95. The van der Waals surface area contributed by atoms with Crippen molar-refractivity contribution in [2.45, 2.75) is 49.0 Å². The Balaban J connectivity index is 1.35. The molecule has 1 aromatic rings. The molecule has 4 aliphatic carbocycles. The molecule has 0 aromatic heterocycles. The molecular formula is C20H26N2O5S. The fourth-order valence-electron chi connectivity index (χ4n) is 5.72. The summed E-state index contributed by atoms with van der Waals surface area (Å²) in [6.07, 6.45) is 6.95. The van der Waals surface area contributed by atoms with Crippen LogP contribution < -0.4 is 10.0 Å². The van der Waals surface area contributed by atoms with Gasteiger partial charge >= 0.3 is 5.97 Å². The van der Waals surface area contributed by atoms with Crippen molar-refractivity contribution in [3.63, 3.8) is 0 Å². The lowest BCUT2D eigenvalue weighted by Crippen LogP contribution is -2.60. The maximum Gasteiger partial charge on any atom is 0.338 e. The van der Waals surface area contributed by atoms with E-state index in [9.17, 15) is 18.0 Å². The van der Waals surface area contributed by atoms with E-state index in [1.807, 2.05) is 0 Å². The van der Waals surface area contributed by atoms with Gasteiger partial charge in [0.15, 0.2) is 6.61 Å². The lowest BCUT2D eigenvalue weighted by atomic mass is 9.53. The molecule has 0 atom stereocenters. The van der Waals surface area contributed by atoms with Crippen molar-refractivity contribution >= 4 is 21.9 Å². The molecule has 1 aromatic carbocycles. The summed E-state index contributed by atoms with van der Waals surface area (Å²) in [6, 6.07) is 5.57. The summed E-state index contributed by atoms with van der Waals surface area (Å²) in [4.78, 5) is 24.7. The number of benzene rings is 1. The van der Waals surface area contributed by atoms with Gasteiger partial charge in [-0.1, -0.05) is 6.07 Å². The predicted octanol–water partition coefficient (Wildman–Crippen LogP) is 1.84. The largest absolute Gasteiger partial charge is 0.452 e. The molecule has 4 saturated carbocycles. The molecule has 0 heterocycles. The van der Waals surface area contributed by atoms with Gasteiger partial charge in [0, 0.05) is 5.54 Å². The summed E-state index contributed by atoms with van der Waals surface area (Å²) in [5.41, 5.74) is -0.0297. The van der Waals surface area contributed by atoms with E-state index in [0.717, 1.165) is 19.3 Å². The SMILES string of the molecule is CNS(=O)(=O)c1cccc(C(=O)OCC(=O)NC23CC4CC(CC(C4)C2)C3)c1. The van der Waals surface area contributed by atoms with Crippen molar-refractivity contribution in [2.24, 2.45) is 17.8 Å². The molecule has 0 saturated heterocycles. The lowest BCUT2D eigenvalue weighted by Gasteiger charge is -2.56. The van der Waals surface area contributed by atoms with Crippen LogP contribution >= 0.6 is 0 Å². The fourth-order valence-corrected chi connectivity index (χ4v) is 6.49. The number of carbonyl (C=O) groups excluding carboxylic acids is 2. The number of carbonyl (C=O) groups is 2. The van der Waals surface area contributed by atoms with E-state index in [-0.39, 0.29) is 28.5 Å². The lowest BCUT2D eigenvalue weighted by molar-refractivity contribution is -0.130. The van der Waals surface area contributed by atoms with Crippen LogP contribution in [0.4, 0.5) is 0 Å². The van der Waals surface area contributed by atoms with Crippen molar-refractivity contribution < 1.29 is 22.7 Å². The average Bonchev–Trinajstić information content (AvgIpc) is 2.64. The minimum absolute atomic E-state index is 0.0255. The quantitative estimate of drug-likeness (QED) is 0.702. The molecular weight excluding hydrogens is 380 g/mol. The number of amides is 1. The first-order chi connectivity index (χ1) is 13.3. The van der Waals surface area contributed by atoms with Crippen molar-refractivity contribution in [1.29, 1.82) is 0 Å². The number of nitrogens with one attached hydrogen (secondary N) is 2. The second kappa shape index (κ2) is 7.15. The van der Waals surface area contributed by atoms with E-state index in [1.54, 1.807) is 0 Å². The van der Waals surface area contributed by atoms with Crippen LogP contribution in [0.1, 0.15) is 48.9 Å². The van der Waals surface area contributed by atoms with Crippen LogP contribution in [0, 0.1) is 17.8 Å². The van der Waals surface area contributed by atoms with Crippen LogP contribution in [0.5, 0.6) is 0 Å². The highest BCUT2D eigenvalue weighted by molar-refractivity contribution is 7.89. The summed E-state index contributed by atoms with van der Waals surface area (Å²) in [7, 11) is -2.35. The second-order valence-electron chi connectivity index (χ2n) is 8.56. The topological polar surface area (TPSA) is 102 Å². The van der Waals surface area contributed by atoms with E-state index in [0.29, 0.717) is 17.8 Å². The Labute approximate surface area is 165 Å². The Morgan fingerprint density at radius 2 is 1.71 bits per heavy atom. The maximum absolute atomic E-state index is 12.4. The van der Waals surface area contributed by atoms with Gasteiger partial charge in [-0.2, -0.15) is 0 Å². The third-order valence-electron chi connectivity index (χ3n) is 6.43. The monoisotopic (exact) mass is 406 g/mol. The number of sulfonamides is 1. The smallest absolute Gasteiger partial charge is 0.338 e. The van der Waals surface area contributed by atoms with Crippen molar-refractivity contribution in [3.8, 4) is 0 Å². The minimum atomic E-state index is -3.65. The summed E-state index contributed by atoms with van der Waals surface area (Å²) in [5, 5.41) is 3.15.